The van der Waals surface area contributed by atoms with Gasteiger partial charge in [0.05, 0.1) is 17.7 Å². The maximum atomic E-state index is 11.3. The van der Waals surface area contributed by atoms with Crippen LogP contribution in [0.3, 0.4) is 0 Å². The number of hydrogen-bond donors (Lipinski definition) is 3. The number of anilines is 1. The molecule has 0 aliphatic rings. The summed E-state index contributed by atoms with van der Waals surface area (Å²) in [6.07, 6.45) is 0. The lowest BCUT2D eigenvalue weighted by Gasteiger charge is -1.97. The van der Waals surface area contributed by atoms with Crippen molar-refractivity contribution < 1.29 is 14.4 Å². The number of rotatable bonds is 1. The minimum Gasteiger partial charge on any atom is -0.398 e. The molecule has 0 saturated carbocycles. The highest BCUT2D eigenvalue weighted by Gasteiger charge is 2.16. The van der Waals surface area contributed by atoms with Crippen LogP contribution in [0.15, 0.2) is 40.8 Å². The standard InChI is InChI=1S/C13H9N3O3/c14-8-2-4-10-12(6-8)19-11-5-7(13(17)16-18)1-3-9(11)15-10/h1-6H,14H2,(H-,16,17,18)/p+1. The second-order valence-electron chi connectivity index (χ2n) is 4.06. The number of hydrogen-bond acceptors (Lipinski definition) is 4. The molecule has 0 aliphatic carbocycles. The monoisotopic (exact) mass is 256 g/mol. The lowest BCUT2D eigenvalue weighted by molar-refractivity contribution is 0.0706. The maximum absolute atomic E-state index is 11.3. The third-order valence-corrected chi connectivity index (χ3v) is 2.77. The van der Waals surface area contributed by atoms with Crippen molar-refractivity contribution in [1.82, 2.24) is 10.5 Å². The van der Waals surface area contributed by atoms with Gasteiger partial charge in [0.1, 0.15) is 0 Å². The number of nitrogens with one attached hydrogen (secondary N) is 1. The van der Waals surface area contributed by atoms with Crippen molar-refractivity contribution in [2.75, 3.05) is 5.73 Å². The average molecular weight is 256 g/mol. The number of hydroxylamine groups is 1. The van der Waals surface area contributed by atoms with Gasteiger partial charge in [-0.25, -0.2) is 14.9 Å². The van der Waals surface area contributed by atoms with E-state index < -0.39 is 5.91 Å². The van der Waals surface area contributed by atoms with Crippen molar-refractivity contribution in [2.45, 2.75) is 0 Å². The van der Waals surface area contributed by atoms with Gasteiger partial charge in [0.2, 0.25) is 0 Å². The van der Waals surface area contributed by atoms with E-state index in [1.54, 1.807) is 35.8 Å². The molecule has 0 spiro atoms. The fourth-order valence-corrected chi connectivity index (χ4v) is 1.85. The molecule has 3 rings (SSSR count). The summed E-state index contributed by atoms with van der Waals surface area (Å²) in [7, 11) is 0. The minimum absolute atomic E-state index is 0.281. The van der Waals surface area contributed by atoms with Crippen LogP contribution >= 0.6 is 0 Å². The van der Waals surface area contributed by atoms with Crippen molar-refractivity contribution in [3.8, 4) is 0 Å². The van der Waals surface area contributed by atoms with Crippen molar-refractivity contribution in [3.63, 3.8) is 0 Å². The van der Waals surface area contributed by atoms with E-state index in [4.69, 9.17) is 15.4 Å². The molecule has 1 amide bonds. The van der Waals surface area contributed by atoms with Gasteiger partial charge < -0.3 is 5.73 Å². The highest BCUT2D eigenvalue weighted by atomic mass is 16.5. The summed E-state index contributed by atoms with van der Waals surface area (Å²) in [5.41, 5.74) is 10.4. The molecule has 0 radical (unpaired) electrons. The van der Waals surface area contributed by atoms with Gasteiger partial charge in [-0.3, -0.25) is 10.0 Å². The largest absolute Gasteiger partial charge is 0.398 e. The highest BCUT2D eigenvalue weighted by Crippen LogP contribution is 2.22. The quantitative estimate of drug-likeness (QED) is 0.203. The summed E-state index contributed by atoms with van der Waals surface area (Å²) in [5.74, 6) is -0.607. The number of nitrogens with two attached hydrogens (primary N) is 1. The Morgan fingerprint density at radius 3 is 2.58 bits per heavy atom. The number of carbonyl (C=O) groups is 1. The third-order valence-electron chi connectivity index (χ3n) is 2.77. The van der Waals surface area contributed by atoms with Crippen molar-refractivity contribution in [3.05, 3.63) is 42.0 Å². The van der Waals surface area contributed by atoms with Crippen LogP contribution in [0.25, 0.3) is 22.2 Å². The molecular formula is C13H10N3O3+. The van der Waals surface area contributed by atoms with Crippen LogP contribution in [-0.2, 0) is 0 Å². The van der Waals surface area contributed by atoms with Gasteiger partial charge in [-0.1, -0.05) is 0 Å². The molecule has 2 aromatic carbocycles. The van der Waals surface area contributed by atoms with E-state index in [-0.39, 0.29) is 5.56 Å². The normalized spacial score (nSPS) is 10.8. The van der Waals surface area contributed by atoms with E-state index in [1.807, 2.05) is 0 Å². The number of benzene rings is 2. The fraction of sp³-hybridized carbons (Fsp3) is 0. The highest BCUT2D eigenvalue weighted by molar-refractivity contribution is 5.97. The number of aromatic nitrogens is 1. The van der Waals surface area contributed by atoms with Crippen LogP contribution in [0.4, 0.5) is 5.69 Å². The molecule has 6 nitrogen and oxygen atoms in total. The molecule has 0 bridgehead atoms. The van der Waals surface area contributed by atoms with Gasteiger partial charge >= 0.3 is 11.2 Å². The first-order valence-electron chi connectivity index (χ1n) is 5.55. The summed E-state index contributed by atoms with van der Waals surface area (Å²) in [5, 5.41) is 8.61. The Hall–Kier alpha value is -2.73. The second kappa shape index (κ2) is 4.18. The molecule has 1 heterocycles. The summed E-state index contributed by atoms with van der Waals surface area (Å²) in [6, 6.07) is 9.89. The van der Waals surface area contributed by atoms with E-state index in [2.05, 4.69) is 4.98 Å². The number of carbonyl (C=O) groups excluding carboxylic acids is 1. The third kappa shape index (κ3) is 1.94. The first-order valence-corrected chi connectivity index (χ1v) is 5.55. The van der Waals surface area contributed by atoms with Crippen LogP contribution in [0.2, 0.25) is 0 Å². The van der Waals surface area contributed by atoms with E-state index in [0.29, 0.717) is 27.9 Å². The SMILES string of the molecule is Nc1ccc2nc3ccc(C(=O)NO)cc3[o+]c2c1. The molecule has 0 aliphatic heterocycles. The molecule has 0 fully saturated rings. The Kier molecular flexibility index (Phi) is 2.50. The molecular weight excluding hydrogens is 246 g/mol. The van der Waals surface area contributed by atoms with E-state index in [0.717, 1.165) is 0 Å². The molecule has 4 N–H and O–H groups in total. The molecule has 94 valence electrons. The molecule has 3 aromatic rings. The summed E-state index contributed by atoms with van der Waals surface area (Å²) in [4.78, 5) is 15.7. The van der Waals surface area contributed by atoms with Gasteiger partial charge in [-0.2, -0.15) is 0 Å². The predicted molar refractivity (Wildman–Crippen MR) is 69.6 cm³/mol. The van der Waals surface area contributed by atoms with Crippen molar-refractivity contribution >= 4 is 33.8 Å². The van der Waals surface area contributed by atoms with Crippen LogP contribution < -0.4 is 11.2 Å². The first kappa shape index (κ1) is 11.4. The Bertz CT molecular complexity index is 802. The summed E-state index contributed by atoms with van der Waals surface area (Å²) >= 11 is 0. The minimum atomic E-state index is -0.607. The molecule has 6 heteroatoms. The fourth-order valence-electron chi connectivity index (χ4n) is 1.85. The molecule has 0 atom stereocenters. The average Bonchev–Trinajstić information content (AvgIpc) is 2.43. The topological polar surface area (TPSA) is 99.5 Å². The summed E-state index contributed by atoms with van der Waals surface area (Å²) < 4.78 is 5.66. The number of fused-ring (bicyclic) bond motifs is 2. The summed E-state index contributed by atoms with van der Waals surface area (Å²) in [6.45, 7) is 0. The lowest BCUT2D eigenvalue weighted by Crippen LogP contribution is -2.18. The lowest BCUT2D eigenvalue weighted by atomic mass is 10.2. The Labute approximate surface area is 107 Å². The zero-order valence-corrected chi connectivity index (χ0v) is 9.75. The Morgan fingerprint density at radius 1 is 1.16 bits per heavy atom. The van der Waals surface area contributed by atoms with Crippen LogP contribution in [0.5, 0.6) is 0 Å². The van der Waals surface area contributed by atoms with E-state index in [1.165, 1.54) is 6.07 Å². The van der Waals surface area contributed by atoms with Gasteiger partial charge in [0, 0.05) is 5.69 Å². The smallest absolute Gasteiger partial charge is 0.381 e. The van der Waals surface area contributed by atoms with Gasteiger partial charge in [0.25, 0.3) is 5.91 Å². The van der Waals surface area contributed by atoms with Crippen LogP contribution in [0.1, 0.15) is 10.4 Å². The van der Waals surface area contributed by atoms with E-state index >= 15 is 0 Å². The molecule has 19 heavy (non-hydrogen) atoms. The maximum Gasteiger partial charge on any atom is 0.381 e. The number of nitrogen functional groups attached to an aromatic ring is 1. The number of nitrogens with zero attached hydrogens (tertiary/aromatic N) is 1. The van der Waals surface area contributed by atoms with Crippen LogP contribution in [-0.4, -0.2) is 16.1 Å². The van der Waals surface area contributed by atoms with E-state index in [9.17, 15) is 4.79 Å². The molecule has 0 unspecified atom stereocenters. The van der Waals surface area contributed by atoms with Crippen molar-refractivity contribution in [2.24, 2.45) is 0 Å². The molecule has 1 aromatic heterocycles. The Balaban J connectivity index is 2.27. The predicted octanol–water partition coefficient (Wildman–Crippen LogP) is 1.96. The molecule has 0 saturated heterocycles. The Morgan fingerprint density at radius 2 is 1.84 bits per heavy atom. The zero-order chi connectivity index (χ0) is 13.4. The van der Waals surface area contributed by atoms with Gasteiger partial charge in [-0.15, -0.1) is 0 Å². The van der Waals surface area contributed by atoms with Crippen LogP contribution in [0, 0.1) is 0 Å². The second-order valence-corrected chi connectivity index (χ2v) is 4.06. The van der Waals surface area contributed by atoms with Gasteiger partial charge in [-0.05, 0) is 24.3 Å². The van der Waals surface area contributed by atoms with Crippen molar-refractivity contribution in [1.29, 1.82) is 0 Å². The first-order chi connectivity index (χ1) is 9.17. The number of amides is 1. The zero-order valence-electron chi connectivity index (χ0n) is 9.75. The van der Waals surface area contributed by atoms with Gasteiger partial charge in [0.15, 0.2) is 11.0 Å².